The minimum absolute atomic E-state index is 0.349. The van der Waals surface area contributed by atoms with Gasteiger partial charge >= 0.3 is 0 Å². The third-order valence-electron chi connectivity index (χ3n) is 2.55. The topological polar surface area (TPSA) is 21.3 Å². The summed E-state index contributed by atoms with van der Waals surface area (Å²) in [6, 6.07) is 6.78. The van der Waals surface area contributed by atoms with Gasteiger partial charge in [0.25, 0.3) is 0 Å². The van der Waals surface area contributed by atoms with E-state index in [-0.39, 0.29) is 0 Å². The predicted octanol–water partition coefficient (Wildman–Crippen LogP) is 3.00. The molecule has 1 atom stereocenters. The van der Waals surface area contributed by atoms with Crippen LogP contribution in [0.25, 0.3) is 0 Å². The summed E-state index contributed by atoms with van der Waals surface area (Å²) in [5.74, 6) is 0. The summed E-state index contributed by atoms with van der Waals surface area (Å²) in [7, 11) is 1.73. The largest absolute Gasteiger partial charge is 0.383 e. The Bertz CT molecular complexity index is 309. The van der Waals surface area contributed by atoms with Crippen LogP contribution in [0.3, 0.4) is 0 Å². The Morgan fingerprint density at radius 1 is 1.40 bits per heavy atom. The first-order valence-electron chi connectivity index (χ1n) is 5.53. The van der Waals surface area contributed by atoms with Crippen molar-refractivity contribution in [2.75, 3.05) is 19.0 Å². The Hall–Kier alpha value is -1.02. The molecular formula is C13H21NO. The summed E-state index contributed by atoms with van der Waals surface area (Å²) in [5.41, 5.74) is 3.94. The molecule has 0 fully saturated rings. The third kappa shape index (κ3) is 3.24. The van der Waals surface area contributed by atoms with Crippen LogP contribution in [-0.4, -0.2) is 19.8 Å². The molecule has 0 aliphatic heterocycles. The fourth-order valence-corrected chi connectivity index (χ4v) is 1.77. The molecule has 0 aromatic heterocycles. The zero-order chi connectivity index (χ0) is 11.3. The first kappa shape index (κ1) is 12.1. The Kier molecular flexibility index (Phi) is 4.63. The number of benzene rings is 1. The molecule has 1 rings (SSSR count). The van der Waals surface area contributed by atoms with Crippen LogP contribution in [0.2, 0.25) is 0 Å². The van der Waals surface area contributed by atoms with Crippen LogP contribution in [0.1, 0.15) is 25.0 Å². The minimum atomic E-state index is 0.349. The lowest BCUT2D eigenvalue weighted by Gasteiger charge is -2.19. The van der Waals surface area contributed by atoms with Crippen LogP contribution in [0.15, 0.2) is 18.2 Å². The summed E-state index contributed by atoms with van der Waals surface area (Å²) in [6.45, 7) is 7.19. The highest BCUT2D eigenvalue weighted by Gasteiger charge is 2.07. The van der Waals surface area contributed by atoms with Gasteiger partial charge in [0, 0.05) is 18.8 Å². The molecule has 1 aromatic carbocycles. The summed E-state index contributed by atoms with van der Waals surface area (Å²) in [6.07, 6.45) is 1.06. The SMILES string of the molecule is CCc1cccc(C)c1N[C@H](C)COC. The summed E-state index contributed by atoms with van der Waals surface area (Å²) < 4.78 is 5.13. The lowest BCUT2D eigenvalue weighted by molar-refractivity contribution is 0.190. The molecule has 84 valence electrons. The van der Waals surface area contributed by atoms with Crippen molar-refractivity contribution in [3.63, 3.8) is 0 Å². The molecule has 0 spiro atoms. The normalized spacial score (nSPS) is 12.5. The van der Waals surface area contributed by atoms with Gasteiger partial charge in [-0.05, 0) is 31.4 Å². The van der Waals surface area contributed by atoms with E-state index in [4.69, 9.17) is 4.74 Å². The van der Waals surface area contributed by atoms with Crippen LogP contribution >= 0.6 is 0 Å². The van der Waals surface area contributed by atoms with Gasteiger partial charge < -0.3 is 10.1 Å². The zero-order valence-electron chi connectivity index (χ0n) is 10.1. The second-order valence-electron chi connectivity index (χ2n) is 3.96. The number of para-hydroxylation sites is 1. The number of nitrogens with one attached hydrogen (secondary N) is 1. The summed E-state index contributed by atoms with van der Waals surface area (Å²) >= 11 is 0. The predicted molar refractivity (Wildman–Crippen MR) is 65.5 cm³/mol. The van der Waals surface area contributed by atoms with Gasteiger partial charge in [0.05, 0.1) is 6.61 Å². The molecule has 2 nitrogen and oxygen atoms in total. The maximum absolute atomic E-state index is 5.13. The fraction of sp³-hybridized carbons (Fsp3) is 0.538. The highest BCUT2D eigenvalue weighted by atomic mass is 16.5. The van der Waals surface area contributed by atoms with E-state index in [1.54, 1.807) is 7.11 Å². The molecule has 0 unspecified atom stereocenters. The van der Waals surface area contributed by atoms with E-state index >= 15 is 0 Å². The van der Waals surface area contributed by atoms with Crippen molar-refractivity contribution in [2.45, 2.75) is 33.2 Å². The molecule has 0 amide bonds. The Labute approximate surface area is 92.6 Å². The van der Waals surface area contributed by atoms with E-state index in [0.29, 0.717) is 6.04 Å². The van der Waals surface area contributed by atoms with Gasteiger partial charge in [-0.1, -0.05) is 25.1 Å². The molecule has 0 saturated heterocycles. The van der Waals surface area contributed by atoms with Crippen LogP contribution in [0, 0.1) is 6.92 Å². The van der Waals surface area contributed by atoms with E-state index in [0.717, 1.165) is 13.0 Å². The highest BCUT2D eigenvalue weighted by Crippen LogP contribution is 2.21. The Balaban J connectivity index is 2.82. The quantitative estimate of drug-likeness (QED) is 0.801. The maximum Gasteiger partial charge on any atom is 0.0661 e. The Morgan fingerprint density at radius 2 is 2.13 bits per heavy atom. The van der Waals surface area contributed by atoms with E-state index in [2.05, 4.69) is 44.3 Å². The first-order valence-corrected chi connectivity index (χ1v) is 5.53. The number of ether oxygens (including phenoxy) is 1. The van der Waals surface area contributed by atoms with Gasteiger partial charge in [-0.25, -0.2) is 0 Å². The molecule has 0 saturated carbocycles. The molecule has 0 aliphatic rings. The lowest BCUT2D eigenvalue weighted by atomic mass is 10.1. The van der Waals surface area contributed by atoms with Crippen molar-refractivity contribution < 1.29 is 4.74 Å². The summed E-state index contributed by atoms with van der Waals surface area (Å²) in [5, 5.41) is 3.51. The Morgan fingerprint density at radius 3 is 2.73 bits per heavy atom. The van der Waals surface area contributed by atoms with Crippen molar-refractivity contribution in [3.05, 3.63) is 29.3 Å². The molecule has 15 heavy (non-hydrogen) atoms. The number of methoxy groups -OCH3 is 1. The standard InChI is InChI=1S/C13H21NO/c1-5-12-8-6-7-10(2)13(12)14-11(3)9-15-4/h6-8,11,14H,5,9H2,1-4H3/t11-/m1/s1. The van der Waals surface area contributed by atoms with Crippen LogP contribution < -0.4 is 5.32 Å². The van der Waals surface area contributed by atoms with Gasteiger partial charge in [0.15, 0.2) is 0 Å². The van der Waals surface area contributed by atoms with Crippen LogP contribution in [0.5, 0.6) is 0 Å². The lowest BCUT2D eigenvalue weighted by Crippen LogP contribution is -2.22. The number of hydrogen-bond acceptors (Lipinski definition) is 2. The molecule has 2 heteroatoms. The van der Waals surface area contributed by atoms with E-state index in [9.17, 15) is 0 Å². The average molecular weight is 207 g/mol. The monoisotopic (exact) mass is 207 g/mol. The summed E-state index contributed by atoms with van der Waals surface area (Å²) in [4.78, 5) is 0. The highest BCUT2D eigenvalue weighted by molar-refractivity contribution is 5.57. The third-order valence-corrected chi connectivity index (χ3v) is 2.55. The van der Waals surface area contributed by atoms with Crippen LogP contribution in [0.4, 0.5) is 5.69 Å². The number of rotatable bonds is 5. The van der Waals surface area contributed by atoms with Crippen LogP contribution in [-0.2, 0) is 11.2 Å². The smallest absolute Gasteiger partial charge is 0.0661 e. The van der Waals surface area contributed by atoms with Gasteiger partial charge in [-0.3, -0.25) is 0 Å². The van der Waals surface area contributed by atoms with Gasteiger partial charge in [-0.15, -0.1) is 0 Å². The molecular weight excluding hydrogens is 186 g/mol. The van der Waals surface area contributed by atoms with Crippen molar-refractivity contribution in [1.29, 1.82) is 0 Å². The molecule has 0 radical (unpaired) electrons. The molecule has 0 aliphatic carbocycles. The number of aryl methyl sites for hydroxylation is 2. The molecule has 1 N–H and O–H groups in total. The van der Waals surface area contributed by atoms with Gasteiger partial charge in [0.2, 0.25) is 0 Å². The van der Waals surface area contributed by atoms with E-state index < -0.39 is 0 Å². The average Bonchev–Trinajstić information content (AvgIpc) is 2.21. The number of hydrogen-bond donors (Lipinski definition) is 1. The second kappa shape index (κ2) is 5.76. The fourth-order valence-electron chi connectivity index (χ4n) is 1.77. The van der Waals surface area contributed by atoms with Crippen molar-refractivity contribution in [2.24, 2.45) is 0 Å². The molecule has 0 bridgehead atoms. The van der Waals surface area contributed by atoms with E-state index in [1.807, 2.05) is 0 Å². The van der Waals surface area contributed by atoms with Crippen molar-refractivity contribution in [1.82, 2.24) is 0 Å². The molecule has 1 aromatic rings. The number of anilines is 1. The van der Waals surface area contributed by atoms with Gasteiger partial charge in [0.1, 0.15) is 0 Å². The van der Waals surface area contributed by atoms with Crippen molar-refractivity contribution >= 4 is 5.69 Å². The second-order valence-corrected chi connectivity index (χ2v) is 3.96. The van der Waals surface area contributed by atoms with Crippen molar-refractivity contribution in [3.8, 4) is 0 Å². The van der Waals surface area contributed by atoms with Gasteiger partial charge in [-0.2, -0.15) is 0 Å². The minimum Gasteiger partial charge on any atom is -0.383 e. The first-order chi connectivity index (χ1) is 7.19. The maximum atomic E-state index is 5.13. The van der Waals surface area contributed by atoms with E-state index in [1.165, 1.54) is 16.8 Å². The zero-order valence-corrected chi connectivity index (χ0v) is 10.1. The molecule has 0 heterocycles.